The Balaban J connectivity index is 1.95. The third kappa shape index (κ3) is 4.53. The number of ether oxygens (including phenoxy) is 1. The molecule has 0 aliphatic carbocycles. The molecule has 1 amide bonds. The number of hydrogen-bond donors (Lipinski definition) is 2. The van der Waals surface area contributed by atoms with Crippen molar-refractivity contribution >= 4 is 15.9 Å². The molecule has 23 heavy (non-hydrogen) atoms. The third-order valence-corrected chi connectivity index (χ3v) is 5.74. The average Bonchev–Trinajstić information content (AvgIpc) is 3.02. The second-order valence-electron chi connectivity index (χ2n) is 5.96. The Morgan fingerprint density at radius 3 is 2.52 bits per heavy atom. The number of hydrogen-bond acceptors (Lipinski definition) is 4. The van der Waals surface area contributed by atoms with E-state index in [1.807, 2.05) is 12.1 Å². The van der Waals surface area contributed by atoms with Gasteiger partial charge in [-0.25, -0.2) is 13.1 Å². The first-order valence-corrected chi connectivity index (χ1v) is 9.36. The minimum atomic E-state index is -3.58. The van der Waals surface area contributed by atoms with Crippen molar-refractivity contribution in [2.45, 2.75) is 56.1 Å². The van der Waals surface area contributed by atoms with E-state index in [4.69, 9.17) is 10.5 Å². The van der Waals surface area contributed by atoms with E-state index < -0.39 is 22.0 Å². The molecule has 3 atom stereocenters. The molecule has 0 bridgehead atoms. The summed E-state index contributed by atoms with van der Waals surface area (Å²) in [6, 6.07) is 6.92. The van der Waals surface area contributed by atoms with Gasteiger partial charge in [0.25, 0.3) is 0 Å². The molecule has 0 saturated carbocycles. The van der Waals surface area contributed by atoms with Crippen LogP contribution < -0.4 is 10.5 Å². The summed E-state index contributed by atoms with van der Waals surface area (Å²) < 4.78 is 32.5. The zero-order valence-electron chi connectivity index (χ0n) is 13.5. The summed E-state index contributed by atoms with van der Waals surface area (Å²) >= 11 is 0. The van der Waals surface area contributed by atoms with E-state index in [1.165, 1.54) is 0 Å². The van der Waals surface area contributed by atoms with E-state index in [-0.39, 0.29) is 17.5 Å². The molecule has 2 rings (SSSR count). The van der Waals surface area contributed by atoms with Gasteiger partial charge in [-0.2, -0.15) is 0 Å². The lowest BCUT2D eigenvalue weighted by Gasteiger charge is -2.14. The lowest BCUT2D eigenvalue weighted by Crippen LogP contribution is -2.34. The molecule has 6 nitrogen and oxygen atoms in total. The molecule has 0 aromatic heterocycles. The molecule has 1 saturated heterocycles. The Kier molecular flexibility index (Phi) is 5.78. The Morgan fingerprint density at radius 2 is 2.00 bits per heavy atom. The number of nitrogens with two attached hydrogens (primary N) is 1. The fraction of sp³-hybridized carbons (Fsp3) is 0.562. The molecule has 0 spiro atoms. The number of primary amides is 1. The van der Waals surface area contributed by atoms with Gasteiger partial charge in [0, 0.05) is 6.54 Å². The Labute approximate surface area is 137 Å². The molecular weight excluding hydrogens is 316 g/mol. The molecule has 128 valence electrons. The van der Waals surface area contributed by atoms with Crippen LogP contribution in [0.25, 0.3) is 0 Å². The van der Waals surface area contributed by atoms with Crippen molar-refractivity contribution in [1.29, 1.82) is 0 Å². The van der Waals surface area contributed by atoms with Crippen molar-refractivity contribution in [3.05, 3.63) is 29.8 Å². The molecule has 0 radical (unpaired) electrons. The van der Waals surface area contributed by atoms with E-state index in [9.17, 15) is 13.2 Å². The lowest BCUT2D eigenvalue weighted by molar-refractivity contribution is -0.128. The van der Waals surface area contributed by atoms with E-state index >= 15 is 0 Å². The molecule has 7 heteroatoms. The summed E-state index contributed by atoms with van der Waals surface area (Å²) in [6.07, 6.45) is 1.22. The highest BCUT2D eigenvalue weighted by atomic mass is 32.2. The van der Waals surface area contributed by atoms with Gasteiger partial charge in [-0.05, 0) is 42.9 Å². The van der Waals surface area contributed by atoms with E-state index in [2.05, 4.69) is 18.6 Å². The lowest BCUT2D eigenvalue weighted by atomic mass is 9.99. The topological polar surface area (TPSA) is 98.5 Å². The zero-order chi connectivity index (χ0) is 17.0. The van der Waals surface area contributed by atoms with Crippen LogP contribution in [0, 0.1) is 0 Å². The first-order valence-electron chi connectivity index (χ1n) is 7.88. The van der Waals surface area contributed by atoms with Crippen molar-refractivity contribution in [2.75, 3.05) is 6.54 Å². The molecule has 1 aliphatic heterocycles. The summed E-state index contributed by atoms with van der Waals surface area (Å²) in [5, 5.41) is 0. The van der Waals surface area contributed by atoms with Gasteiger partial charge in [0.05, 0.1) is 11.0 Å². The fourth-order valence-electron chi connectivity index (χ4n) is 2.56. The Hall–Kier alpha value is -1.44. The maximum absolute atomic E-state index is 12.3. The molecule has 3 N–H and O–H groups in total. The summed E-state index contributed by atoms with van der Waals surface area (Å²) in [4.78, 5) is 11.3. The van der Waals surface area contributed by atoms with Crippen molar-refractivity contribution < 1.29 is 17.9 Å². The van der Waals surface area contributed by atoms with Crippen molar-refractivity contribution in [1.82, 2.24) is 4.72 Å². The highest BCUT2D eigenvalue weighted by molar-refractivity contribution is 7.89. The van der Waals surface area contributed by atoms with Crippen LogP contribution in [0.2, 0.25) is 0 Å². The first kappa shape index (κ1) is 17.9. The number of benzene rings is 1. The van der Waals surface area contributed by atoms with Gasteiger partial charge in [0.1, 0.15) is 6.10 Å². The van der Waals surface area contributed by atoms with Gasteiger partial charge in [-0.1, -0.05) is 26.0 Å². The zero-order valence-corrected chi connectivity index (χ0v) is 14.3. The third-order valence-electron chi connectivity index (χ3n) is 4.30. The number of amides is 1. The van der Waals surface area contributed by atoms with Crippen LogP contribution in [-0.4, -0.2) is 33.1 Å². The minimum Gasteiger partial charge on any atom is -0.367 e. The quantitative estimate of drug-likeness (QED) is 0.786. The predicted molar refractivity (Wildman–Crippen MR) is 87.4 cm³/mol. The van der Waals surface area contributed by atoms with Gasteiger partial charge < -0.3 is 10.5 Å². The maximum atomic E-state index is 12.3. The van der Waals surface area contributed by atoms with Gasteiger partial charge in [-0.3, -0.25) is 4.79 Å². The van der Waals surface area contributed by atoms with Crippen LogP contribution >= 0.6 is 0 Å². The largest absolute Gasteiger partial charge is 0.367 e. The van der Waals surface area contributed by atoms with Crippen LogP contribution in [0.3, 0.4) is 0 Å². The molecule has 0 unspecified atom stereocenters. The van der Waals surface area contributed by atoms with E-state index in [0.29, 0.717) is 18.8 Å². The second kappa shape index (κ2) is 7.42. The smallest absolute Gasteiger partial charge is 0.246 e. The van der Waals surface area contributed by atoms with Crippen LogP contribution in [0.4, 0.5) is 0 Å². The molecule has 1 heterocycles. The molecule has 1 fully saturated rings. The van der Waals surface area contributed by atoms with E-state index in [0.717, 1.165) is 12.0 Å². The molecule has 1 aliphatic rings. The number of sulfonamides is 1. The van der Waals surface area contributed by atoms with Gasteiger partial charge >= 0.3 is 0 Å². The molecular formula is C16H24N2O4S. The summed E-state index contributed by atoms with van der Waals surface area (Å²) in [5.41, 5.74) is 6.30. The average molecular weight is 340 g/mol. The highest BCUT2D eigenvalue weighted by Gasteiger charge is 2.30. The number of rotatable bonds is 7. The van der Waals surface area contributed by atoms with Gasteiger partial charge in [-0.15, -0.1) is 0 Å². The monoisotopic (exact) mass is 340 g/mol. The SMILES string of the molecule is CC[C@H](C)c1ccc(S(=O)(=O)NC[C@H]2CC[C@@H](C(N)=O)O2)cc1. The first-order chi connectivity index (χ1) is 10.8. The normalized spacial score (nSPS) is 22.9. The fourth-order valence-corrected chi connectivity index (χ4v) is 3.63. The summed E-state index contributed by atoms with van der Waals surface area (Å²) in [7, 11) is -3.58. The minimum absolute atomic E-state index is 0.138. The Morgan fingerprint density at radius 1 is 1.35 bits per heavy atom. The number of carbonyl (C=O) groups is 1. The van der Waals surface area contributed by atoms with Crippen molar-refractivity contribution in [3.63, 3.8) is 0 Å². The van der Waals surface area contributed by atoms with Gasteiger partial charge in [0.2, 0.25) is 15.9 Å². The Bertz CT molecular complexity index is 643. The predicted octanol–water partition coefficient (Wildman–Crippen LogP) is 1.51. The summed E-state index contributed by atoms with van der Waals surface area (Å²) in [5.74, 6) is -0.103. The van der Waals surface area contributed by atoms with Crippen LogP contribution in [0.1, 0.15) is 44.6 Å². The van der Waals surface area contributed by atoms with Crippen LogP contribution in [0.15, 0.2) is 29.2 Å². The number of nitrogens with one attached hydrogen (secondary N) is 1. The number of carbonyl (C=O) groups excluding carboxylic acids is 1. The van der Waals surface area contributed by atoms with Crippen molar-refractivity contribution in [3.8, 4) is 0 Å². The summed E-state index contributed by atoms with van der Waals surface area (Å²) in [6.45, 7) is 4.34. The highest BCUT2D eigenvalue weighted by Crippen LogP contribution is 2.21. The maximum Gasteiger partial charge on any atom is 0.246 e. The molecule has 1 aromatic rings. The molecule has 1 aromatic carbocycles. The second-order valence-corrected chi connectivity index (χ2v) is 7.72. The van der Waals surface area contributed by atoms with Crippen LogP contribution in [0.5, 0.6) is 0 Å². The van der Waals surface area contributed by atoms with Crippen molar-refractivity contribution in [2.24, 2.45) is 5.73 Å². The van der Waals surface area contributed by atoms with Crippen LogP contribution in [-0.2, 0) is 19.6 Å². The standard InChI is InChI=1S/C16H24N2O4S/c1-3-11(2)12-4-7-14(8-5-12)23(20,21)18-10-13-6-9-15(22-13)16(17)19/h4-5,7-8,11,13,15,18H,3,6,9-10H2,1-2H3,(H2,17,19)/t11-,13+,15-/m0/s1. The van der Waals surface area contributed by atoms with Gasteiger partial charge in [0.15, 0.2) is 0 Å². The van der Waals surface area contributed by atoms with E-state index in [1.54, 1.807) is 12.1 Å².